The molecule has 3 N–H and O–H groups in total. The number of nitrogens with zero attached hydrogens (tertiary/aromatic N) is 1. The van der Waals surface area contributed by atoms with E-state index in [-0.39, 0.29) is 11.5 Å². The number of rotatable bonds is 4. The van der Waals surface area contributed by atoms with E-state index in [0.29, 0.717) is 12.1 Å². The van der Waals surface area contributed by atoms with Crippen molar-refractivity contribution < 1.29 is 14.7 Å². The molecular formula is C17H14BrN3O3. The molecule has 1 amide bonds. The van der Waals surface area contributed by atoms with Crippen LogP contribution in [0.15, 0.2) is 58.1 Å². The Balaban J connectivity index is 1.82. The van der Waals surface area contributed by atoms with Gasteiger partial charge in [-0.1, -0.05) is 40.2 Å². The zero-order valence-electron chi connectivity index (χ0n) is 12.5. The first kappa shape index (κ1) is 16.2. The third kappa shape index (κ3) is 3.46. The predicted molar refractivity (Wildman–Crippen MR) is 94.3 cm³/mol. The predicted octanol–water partition coefficient (Wildman–Crippen LogP) is 2.85. The Morgan fingerprint density at radius 3 is 2.62 bits per heavy atom. The monoisotopic (exact) mass is 387 g/mol. The number of hydrogen-bond acceptors (Lipinski definition) is 4. The molecule has 0 spiro atoms. The first-order valence-corrected chi connectivity index (χ1v) is 8.05. The van der Waals surface area contributed by atoms with Gasteiger partial charge in [0.1, 0.15) is 6.04 Å². The fourth-order valence-corrected chi connectivity index (χ4v) is 2.72. The summed E-state index contributed by atoms with van der Waals surface area (Å²) >= 11 is 3.38. The number of para-hydroxylation sites is 1. The lowest BCUT2D eigenvalue weighted by molar-refractivity contribution is -0.122. The Morgan fingerprint density at radius 1 is 1.21 bits per heavy atom. The van der Waals surface area contributed by atoms with Crippen molar-refractivity contribution >= 4 is 39.2 Å². The molecule has 122 valence electrons. The van der Waals surface area contributed by atoms with Crippen LogP contribution in [0, 0.1) is 0 Å². The molecule has 6 nitrogen and oxygen atoms in total. The number of hydrogen-bond donors (Lipinski definition) is 3. The largest absolute Gasteiger partial charge is 0.478 e. The summed E-state index contributed by atoms with van der Waals surface area (Å²) in [5.41, 5.74) is 4.65. The second kappa shape index (κ2) is 6.84. The summed E-state index contributed by atoms with van der Waals surface area (Å²) in [7, 11) is 0. The van der Waals surface area contributed by atoms with Gasteiger partial charge in [-0.3, -0.25) is 4.79 Å². The van der Waals surface area contributed by atoms with Crippen molar-refractivity contribution in [3.63, 3.8) is 0 Å². The van der Waals surface area contributed by atoms with Gasteiger partial charge in [0.15, 0.2) is 0 Å². The molecule has 1 aliphatic rings. The van der Waals surface area contributed by atoms with Crippen LogP contribution in [0.1, 0.15) is 22.3 Å². The van der Waals surface area contributed by atoms with Crippen molar-refractivity contribution in [2.24, 2.45) is 5.10 Å². The first-order chi connectivity index (χ1) is 11.5. The fraction of sp³-hybridized carbons (Fsp3) is 0.118. The van der Waals surface area contributed by atoms with Gasteiger partial charge in [0.25, 0.3) is 5.91 Å². The minimum Gasteiger partial charge on any atom is -0.478 e. The number of carboxylic acids is 1. The van der Waals surface area contributed by atoms with Gasteiger partial charge >= 0.3 is 5.97 Å². The number of hydrazone groups is 1. The third-order valence-electron chi connectivity index (χ3n) is 3.68. The topological polar surface area (TPSA) is 90.8 Å². The molecule has 0 aliphatic carbocycles. The number of nitrogens with one attached hydrogen (secondary N) is 2. The van der Waals surface area contributed by atoms with E-state index in [4.69, 9.17) is 0 Å². The molecule has 24 heavy (non-hydrogen) atoms. The molecule has 2 aromatic carbocycles. The van der Waals surface area contributed by atoms with E-state index in [2.05, 4.69) is 31.8 Å². The Hall–Kier alpha value is -2.67. The Kier molecular flexibility index (Phi) is 4.61. The van der Waals surface area contributed by atoms with Crippen LogP contribution in [0.4, 0.5) is 5.69 Å². The highest BCUT2D eigenvalue weighted by Crippen LogP contribution is 2.20. The maximum absolute atomic E-state index is 12.1. The van der Waals surface area contributed by atoms with Crippen molar-refractivity contribution in [3.05, 3.63) is 64.1 Å². The zero-order valence-corrected chi connectivity index (χ0v) is 14.1. The Morgan fingerprint density at radius 2 is 1.92 bits per heavy atom. The molecule has 1 atom stereocenters. The van der Waals surface area contributed by atoms with Crippen molar-refractivity contribution in [3.8, 4) is 0 Å². The third-order valence-corrected chi connectivity index (χ3v) is 4.21. The van der Waals surface area contributed by atoms with Crippen LogP contribution < -0.4 is 10.7 Å². The van der Waals surface area contributed by atoms with Gasteiger partial charge in [-0.25, -0.2) is 10.2 Å². The van der Waals surface area contributed by atoms with Crippen molar-refractivity contribution in [2.45, 2.75) is 12.5 Å². The van der Waals surface area contributed by atoms with Gasteiger partial charge in [-0.15, -0.1) is 0 Å². The molecule has 0 aromatic heterocycles. The standard InChI is InChI=1S/C17H14BrN3O3/c18-11-7-5-10(6-8-11)14-9-15(16(22)21-20-14)19-13-4-2-1-3-12(13)17(23)24/h1-8,15,19H,9H2,(H,21,22)(H,23,24). The average Bonchev–Trinajstić information content (AvgIpc) is 2.58. The highest BCUT2D eigenvalue weighted by molar-refractivity contribution is 9.10. The van der Waals surface area contributed by atoms with Crippen molar-refractivity contribution in [1.29, 1.82) is 0 Å². The minimum absolute atomic E-state index is 0.123. The fourth-order valence-electron chi connectivity index (χ4n) is 2.46. The summed E-state index contributed by atoms with van der Waals surface area (Å²) in [5.74, 6) is -1.34. The second-order valence-corrected chi connectivity index (χ2v) is 6.21. The smallest absolute Gasteiger partial charge is 0.337 e. The van der Waals surface area contributed by atoms with E-state index in [1.807, 2.05) is 24.3 Å². The number of benzene rings is 2. The number of aromatic carboxylic acids is 1. The van der Waals surface area contributed by atoms with Gasteiger partial charge in [0.2, 0.25) is 0 Å². The number of carboxylic acid groups (broad SMARTS) is 1. The van der Waals surface area contributed by atoms with E-state index in [9.17, 15) is 14.7 Å². The Bertz CT molecular complexity index is 818. The lowest BCUT2D eigenvalue weighted by Crippen LogP contribution is -2.43. The molecule has 1 unspecified atom stereocenters. The molecule has 2 aromatic rings. The maximum atomic E-state index is 12.1. The van der Waals surface area contributed by atoms with Gasteiger partial charge in [-0.05, 0) is 29.8 Å². The van der Waals surface area contributed by atoms with Crippen LogP contribution in [0.2, 0.25) is 0 Å². The summed E-state index contributed by atoms with van der Waals surface area (Å²) < 4.78 is 0.955. The van der Waals surface area contributed by atoms with Crippen LogP contribution in [0.25, 0.3) is 0 Å². The highest BCUT2D eigenvalue weighted by atomic mass is 79.9. The minimum atomic E-state index is -1.05. The van der Waals surface area contributed by atoms with Crippen LogP contribution in [0.5, 0.6) is 0 Å². The molecule has 0 saturated heterocycles. The first-order valence-electron chi connectivity index (χ1n) is 7.26. The quantitative estimate of drug-likeness (QED) is 0.751. The lowest BCUT2D eigenvalue weighted by atomic mass is 10.0. The molecule has 1 aliphatic heterocycles. The highest BCUT2D eigenvalue weighted by Gasteiger charge is 2.26. The van der Waals surface area contributed by atoms with Gasteiger partial charge in [-0.2, -0.15) is 5.10 Å². The van der Waals surface area contributed by atoms with Crippen LogP contribution in [0.3, 0.4) is 0 Å². The lowest BCUT2D eigenvalue weighted by Gasteiger charge is -2.24. The Labute approximate surface area is 146 Å². The summed E-state index contributed by atoms with van der Waals surface area (Å²) in [5, 5.41) is 16.4. The molecule has 0 saturated carbocycles. The molecule has 1 heterocycles. The number of amides is 1. The van der Waals surface area contributed by atoms with Crippen LogP contribution in [-0.4, -0.2) is 28.7 Å². The van der Waals surface area contributed by atoms with E-state index in [1.165, 1.54) is 6.07 Å². The molecule has 0 bridgehead atoms. The number of anilines is 1. The van der Waals surface area contributed by atoms with E-state index in [1.54, 1.807) is 18.2 Å². The SMILES string of the molecule is O=C(O)c1ccccc1NC1CC(c2ccc(Br)cc2)=NNC1=O. The normalized spacial score (nSPS) is 17.0. The summed E-state index contributed by atoms with van der Waals surface area (Å²) in [6, 6.07) is 13.5. The maximum Gasteiger partial charge on any atom is 0.337 e. The van der Waals surface area contributed by atoms with Crippen molar-refractivity contribution in [2.75, 3.05) is 5.32 Å². The van der Waals surface area contributed by atoms with E-state index >= 15 is 0 Å². The van der Waals surface area contributed by atoms with Gasteiger partial charge in [0, 0.05) is 16.6 Å². The van der Waals surface area contributed by atoms with Crippen molar-refractivity contribution in [1.82, 2.24) is 5.43 Å². The average molecular weight is 388 g/mol. The van der Waals surface area contributed by atoms with E-state index < -0.39 is 12.0 Å². The molecule has 0 radical (unpaired) electrons. The van der Waals surface area contributed by atoms with Crippen LogP contribution in [-0.2, 0) is 4.79 Å². The zero-order chi connectivity index (χ0) is 17.1. The number of carbonyl (C=O) groups is 2. The summed E-state index contributed by atoms with van der Waals surface area (Å²) in [6.07, 6.45) is 0.363. The second-order valence-electron chi connectivity index (χ2n) is 5.29. The van der Waals surface area contributed by atoms with Crippen LogP contribution >= 0.6 is 15.9 Å². The summed E-state index contributed by atoms with van der Waals surface area (Å²) in [4.78, 5) is 23.4. The number of carbonyl (C=O) groups excluding carboxylic acids is 1. The van der Waals surface area contributed by atoms with Gasteiger partial charge < -0.3 is 10.4 Å². The molecule has 0 fully saturated rings. The van der Waals surface area contributed by atoms with Gasteiger partial charge in [0.05, 0.1) is 11.3 Å². The van der Waals surface area contributed by atoms with E-state index in [0.717, 1.165) is 15.7 Å². The molecule has 7 heteroatoms. The number of halogens is 1. The molecule has 3 rings (SSSR count). The summed E-state index contributed by atoms with van der Waals surface area (Å²) in [6.45, 7) is 0. The molecular weight excluding hydrogens is 374 g/mol.